The number of hydrogen-bond acceptors (Lipinski definition) is 7. The lowest BCUT2D eigenvalue weighted by Gasteiger charge is -2.24. The Kier molecular flexibility index (Phi) is 19.6. The standard InChI is InChI=1S/C21H18O3.C18H24O4.C17H16O3/c22-20(17-7-2-1-3-8-17)14-19(21(23)24)13-15-10-11-16-6-4-5-9-18(16)12-15;1-22-16-9-7-14(8-10-16)17(19)12-15(18(20)21)11-13-5-3-2-4-6-13;18-16(14-9-5-2-6-10-14)12-15(17(19)20)11-13-7-3-1-4-8-13/h1-12,19H,13-14H2,(H,23,24);7-10,13,15H,2-6,11-12H2,1H3,(H,20,21);1-10,15H,11-12H2,(H,19,20). The van der Waals surface area contributed by atoms with Gasteiger partial charge in [-0.3, -0.25) is 28.8 Å². The molecule has 6 aromatic carbocycles. The maximum absolute atomic E-state index is 12.3. The van der Waals surface area contributed by atoms with Crippen LogP contribution in [0.25, 0.3) is 10.8 Å². The summed E-state index contributed by atoms with van der Waals surface area (Å²) in [5.74, 6) is -3.93. The van der Waals surface area contributed by atoms with Crippen molar-refractivity contribution in [2.75, 3.05) is 7.11 Å². The number of ketones is 3. The molecule has 10 nitrogen and oxygen atoms in total. The number of benzene rings is 6. The number of carbonyl (C=O) groups excluding carboxylic acids is 3. The Morgan fingerprint density at radius 3 is 1.38 bits per heavy atom. The molecule has 1 aliphatic carbocycles. The summed E-state index contributed by atoms with van der Waals surface area (Å²) in [6, 6.07) is 47.7. The van der Waals surface area contributed by atoms with Crippen LogP contribution in [0.1, 0.15) is 100.0 Å². The highest BCUT2D eigenvalue weighted by Gasteiger charge is 2.27. The van der Waals surface area contributed by atoms with Crippen LogP contribution in [0.4, 0.5) is 0 Å². The molecule has 3 unspecified atom stereocenters. The second-order valence-corrected chi connectivity index (χ2v) is 16.8. The second-order valence-electron chi connectivity index (χ2n) is 16.8. The first kappa shape index (κ1) is 49.8. The van der Waals surface area contributed by atoms with Crippen molar-refractivity contribution in [1.29, 1.82) is 0 Å². The summed E-state index contributed by atoms with van der Waals surface area (Å²) < 4.78 is 5.06. The number of fused-ring (bicyclic) bond motifs is 1. The van der Waals surface area contributed by atoms with E-state index in [1.807, 2.05) is 84.9 Å². The molecule has 0 aromatic heterocycles. The number of aliphatic carboxylic acids is 3. The van der Waals surface area contributed by atoms with Gasteiger partial charge in [0.05, 0.1) is 24.9 Å². The van der Waals surface area contributed by atoms with E-state index in [0.29, 0.717) is 47.6 Å². The number of ether oxygens (including phenoxy) is 1. The van der Waals surface area contributed by atoms with E-state index in [0.717, 1.165) is 34.7 Å². The average molecular weight is 891 g/mol. The summed E-state index contributed by atoms with van der Waals surface area (Å²) in [7, 11) is 1.57. The van der Waals surface area contributed by atoms with Crippen LogP contribution >= 0.6 is 0 Å². The molecule has 0 heterocycles. The zero-order chi connectivity index (χ0) is 47.3. The largest absolute Gasteiger partial charge is 0.497 e. The van der Waals surface area contributed by atoms with Gasteiger partial charge in [-0.1, -0.05) is 166 Å². The van der Waals surface area contributed by atoms with E-state index in [9.17, 15) is 44.1 Å². The SMILES string of the molecule is COc1ccc(C(=O)CC(CC2CCCCC2)C(=O)O)cc1.O=C(CC(Cc1ccc2ccccc2c1)C(=O)O)c1ccccc1.O=C(CC(Cc1ccccc1)C(=O)O)c1ccccc1. The van der Waals surface area contributed by atoms with Gasteiger partial charge in [-0.25, -0.2) is 0 Å². The monoisotopic (exact) mass is 890 g/mol. The molecule has 66 heavy (non-hydrogen) atoms. The van der Waals surface area contributed by atoms with Crippen molar-refractivity contribution in [3.63, 3.8) is 0 Å². The molecule has 1 saturated carbocycles. The first-order valence-electron chi connectivity index (χ1n) is 22.4. The third-order valence-electron chi connectivity index (χ3n) is 11.9. The van der Waals surface area contributed by atoms with Gasteiger partial charge in [-0.2, -0.15) is 0 Å². The quantitative estimate of drug-likeness (QED) is 0.0664. The Morgan fingerprint density at radius 1 is 0.470 bits per heavy atom. The molecule has 1 fully saturated rings. The number of rotatable bonds is 19. The van der Waals surface area contributed by atoms with Gasteiger partial charge in [0.2, 0.25) is 0 Å². The van der Waals surface area contributed by atoms with Crippen molar-refractivity contribution in [2.45, 2.75) is 70.6 Å². The molecule has 0 aliphatic heterocycles. The minimum atomic E-state index is -0.938. The summed E-state index contributed by atoms with van der Waals surface area (Å²) in [6.45, 7) is 0. The van der Waals surface area contributed by atoms with E-state index in [2.05, 4.69) is 0 Å². The van der Waals surface area contributed by atoms with Gasteiger partial charge in [-0.05, 0) is 71.3 Å². The third kappa shape index (κ3) is 16.1. The van der Waals surface area contributed by atoms with Gasteiger partial charge in [-0.15, -0.1) is 0 Å². The van der Waals surface area contributed by atoms with Crippen molar-refractivity contribution >= 4 is 46.0 Å². The van der Waals surface area contributed by atoms with Gasteiger partial charge in [0.1, 0.15) is 5.75 Å². The molecular formula is C56H58O10. The van der Waals surface area contributed by atoms with Gasteiger partial charge < -0.3 is 20.1 Å². The lowest BCUT2D eigenvalue weighted by molar-refractivity contribution is -0.143. The lowest BCUT2D eigenvalue weighted by Crippen LogP contribution is -2.22. The van der Waals surface area contributed by atoms with Crippen molar-refractivity contribution in [1.82, 2.24) is 0 Å². The Hall–Kier alpha value is -7.20. The summed E-state index contributed by atoms with van der Waals surface area (Å²) in [4.78, 5) is 71.1. The maximum atomic E-state index is 12.3. The van der Waals surface area contributed by atoms with Gasteiger partial charge in [0.15, 0.2) is 17.3 Å². The summed E-state index contributed by atoms with van der Waals surface area (Å²) in [5.41, 5.74) is 3.53. The molecule has 10 heteroatoms. The summed E-state index contributed by atoms with van der Waals surface area (Å²) in [5, 5.41) is 30.4. The van der Waals surface area contributed by atoms with Crippen LogP contribution in [-0.4, -0.2) is 57.7 Å². The molecule has 3 atom stereocenters. The molecule has 342 valence electrons. The predicted octanol–water partition coefficient (Wildman–Crippen LogP) is 11.5. The topological polar surface area (TPSA) is 172 Å². The van der Waals surface area contributed by atoms with Crippen LogP contribution in [-0.2, 0) is 27.2 Å². The Morgan fingerprint density at radius 2 is 0.894 bits per heavy atom. The van der Waals surface area contributed by atoms with E-state index in [1.54, 1.807) is 79.9 Å². The number of carboxylic acid groups (broad SMARTS) is 3. The van der Waals surface area contributed by atoms with Crippen molar-refractivity contribution < 1.29 is 48.8 Å². The molecular weight excluding hydrogens is 833 g/mol. The van der Waals surface area contributed by atoms with E-state index in [-0.39, 0.29) is 36.6 Å². The Bertz CT molecular complexity index is 2500. The van der Waals surface area contributed by atoms with Crippen LogP contribution in [0.15, 0.2) is 158 Å². The summed E-state index contributed by atoms with van der Waals surface area (Å²) in [6.07, 6.45) is 7.26. The molecule has 0 amide bonds. The highest BCUT2D eigenvalue weighted by molar-refractivity contribution is 5.99. The highest BCUT2D eigenvalue weighted by Crippen LogP contribution is 2.31. The fraction of sp³-hybridized carbons (Fsp3) is 0.286. The van der Waals surface area contributed by atoms with Crippen LogP contribution in [0, 0.1) is 23.7 Å². The maximum Gasteiger partial charge on any atom is 0.307 e. The zero-order valence-electron chi connectivity index (χ0n) is 37.3. The normalized spacial score (nSPS) is 13.6. The van der Waals surface area contributed by atoms with Crippen LogP contribution < -0.4 is 4.74 Å². The van der Waals surface area contributed by atoms with E-state index < -0.39 is 35.7 Å². The third-order valence-corrected chi connectivity index (χ3v) is 11.9. The molecule has 3 N–H and O–H groups in total. The van der Waals surface area contributed by atoms with E-state index in [4.69, 9.17) is 4.74 Å². The number of Topliss-reactive ketones (excluding diaryl/α,β-unsaturated/α-hetero) is 3. The predicted molar refractivity (Wildman–Crippen MR) is 255 cm³/mol. The number of methoxy groups -OCH3 is 1. The number of carbonyl (C=O) groups is 6. The first-order chi connectivity index (χ1) is 31.9. The zero-order valence-corrected chi connectivity index (χ0v) is 37.3. The smallest absolute Gasteiger partial charge is 0.307 e. The van der Waals surface area contributed by atoms with Gasteiger partial charge in [0, 0.05) is 36.0 Å². The Balaban J connectivity index is 0.000000186. The number of carboxylic acids is 3. The lowest BCUT2D eigenvalue weighted by atomic mass is 9.81. The van der Waals surface area contributed by atoms with Gasteiger partial charge >= 0.3 is 17.9 Å². The fourth-order valence-corrected chi connectivity index (χ4v) is 8.19. The minimum Gasteiger partial charge on any atom is -0.497 e. The van der Waals surface area contributed by atoms with Crippen molar-refractivity contribution in [3.05, 3.63) is 186 Å². The van der Waals surface area contributed by atoms with Gasteiger partial charge in [0.25, 0.3) is 0 Å². The van der Waals surface area contributed by atoms with Crippen LogP contribution in [0.2, 0.25) is 0 Å². The van der Waals surface area contributed by atoms with E-state index >= 15 is 0 Å². The fourth-order valence-electron chi connectivity index (χ4n) is 8.19. The first-order valence-corrected chi connectivity index (χ1v) is 22.4. The molecule has 1 aliphatic rings. The molecule has 0 radical (unpaired) electrons. The molecule has 0 saturated heterocycles. The van der Waals surface area contributed by atoms with Crippen LogP contribution in [0.3, 0.4) is 0 Å². The molecule has 7 rings (SSSR count). The molecule has 0 bridgehead atoms. The van der Waals surface area contributed by atoms with E-state index in [1.165, 1.54) is 19.3 Å². The molecule has 0 spiro atoms. The minimum absolute atomic E-state index is 0.00612. The van der Waals surface area contributed by atoms with Crippen molar-refractivity contribution in [2.24, 2.45) is 23.7 Å². The van der Waals surface area contributed by atoms with Crippen molar-refractivity contribution in [3.8, 4) is 5.75 Å². The Labute approximate surface area is 386 Å². The molecule has 6 aromatic rings. The highest BCUT2D eigenvalue weighted by atomic mass is 16.5. The van der Waals surface area contributed by atoms with Crippen LogP contribution in [0.5, 0.6) is 5.75 Å². The average Bonchev–Trinajstić information content (AvgIpc) is 3.34. The number of hydrogen-bond donors (Lipinski definition) is 3. The summed E-state index contributed by atoms with van der Waals surface area (Å²) >= 11 is 0. The second kappa shape index (κ2) is 25.9.